The topological polar surface area (TPSA) is 95.6 Å². The van der Waals surface area contributed by atoms with Crippen molar-refractivity contribution in [2.75, 3.05) is 0 Å². The Labute approximate surface area is 100 Å². The molecule has 18 heavy (non-hydrogen) atoms. The van der Waals surface area contributed by atoms with Crippen molar-refractivity contribution in [2.45, 2.75) is 0 Å². The number of aromatic amines is 2. The highest BCUT2D eigenvalue weighted by Gasteiger charge is 2.10. The quantitative estimate of drug-likeness (QED) is 0.651. The smallest absolute Gasteiger partial charge is 0.327 e. The van der Waals surface area contributed by atoms with Crippen LogP contribution in [0.1, 0.15) is 0 Å². The molecule has 3 rings (SSSR count). The van der Waals surface area contributed by atoms with Crippen LogP contribution in [0.4, 0.5) is 0 Å². The van der Waals surface area contributed by atoms with Crippen LogP contribution in [0.5, 0.6) is 0 Å². The van der Waals surface area contributed by atoms with Crippen molar-refractivity contribution in [3.05, 3.63) is 57.7 Å². The Bertz CT molecular complexity index is 803. The summed E-state index contributed by atoms with van der Waals surface area (Å²) in [5.74, 6) is 0.684. The minimum absolute atomic E-state index is 0.189. The van der Waals surface area contributed by atoms with Gasteiger partial charge >= 0.3 is 5.69 Å². The van der Waals surface area contributed by atoms with Gasteiger partial charge in [0.2, 0.25) is 0 Å². The van der Waals surface area contributed by atoms with Gasteiger partial charge in [0.05, 0.1) is 0 Å². The molecule has 2 aromatic rings. The molecule has 1 aliphatic heterocycles. The van der Waals surface area contributed by atoms with Gasteiger partial charge in [0, 0.05) is 6.20 Å². The summed E-state index contributed by atoms with van der Waals surface area (Å²) in [6, 6.07) is 0. The van der Waals surface area contributed by atoms with Crippen molar-refractivity contribution < 1.29 is 0 Å². The van der Waals surface area contributed by atoms with Gasteiger partial charge in [-0.05, 0) is 12.2 Å². The zero-order valence-electron chi connectivity index (χ0n) is 9.18. The van der Waals surface area contributed by atoms with Gasteiger partial charge < -0.3 is 5.32 Å². The molecule has 2 aromatic heterocycles. The lowest BCUT2D eigenvalue weighted by Gasteiger charge is -2.07. The van der Waals surface area contributed by atoms with Gasteiger partial charge in [-0.3, -0.25) is 19.3 Å². The van der Waals surface area contributed by atoms with E-state index in [2.05, 4.69) is 20.3 Å². The van der Waals surface area contributed by atoms with Crippen LogP contribution in [0.2, 0.25) is 0 Å². The van der Waals surface area contributed by atoms with Crippen LogP contribution in [0.3, 0.4) is 0 Å². The number of hydrogen-bond acceptors (Lipinski definition) is 4. The molecule has 0 saturated heterocycles. The lowest BCUT2D eigenvalue weighted by Crippen LogP contribution is -2.23. The second kappa shape index (κ2) is 3.88. The number of fused-ring (bicyclic) bond motifs is 1. The van der Waals surface area contributed by atoms with Gasteiger partial charge in [0.1, 0.15) is 12.1 Å². The second-order valence-electron chi connectivity index (χ2n) is 3.66. The molecule has 0 amide bonds. The number of rotatable bonds is 1. The van der Waals surface area contributed by atoms with E-state index in [0.717, 1.165) is 0 Å². The SMILES string of the molecule is O=c1[nH]c(=O)c2ncn(C3=CC=CC=CN3)c2[nH]1. The van der Waals surface area contributed by atoms with E-state index < -0.39 is 11.2 Å². The van der Waals surface area contributed by atoms with Gasteiger partial charge in [-0.1, -0.05) is 12.2 Å². The lowest BCUT2D eigenvalue weighted by molar-refractivity contribution is 0.980. The summed E-state index contributed by atoms with van der Waals surface area (Å²) < 4.78 is 1.60. The van der Waals surface area contributed by atoms with Gasteiger partial charge in [0.15, 0.2) is 11.2 Å². The first-order chi connectivity index (χ1) is 8.75. The Morgan fingerprint density at radius 2 is 2.00 bits per heavy atom. The first-order valence-corrected chi connectivity index (χ1v) is 5.26. The minimum atomic E-state index is -0.561. The maximum atomic E-state index is 11.5. The van der Waals surface area contributed by atoms with E-state index in [1.54, 1.807) is 16.8 Å². The Morgan fingerprint density at radius 1 is 1.11 bits per heavy atom. The molecule has 3 N–H and O–H groups in total. The fraction of sp³-hybridized carbons (Fsp3) is 0. The molecule has 0 atom stereocenters. The molecule has 0 aliphatic carbocycles. The summed E-state index contributed by atoms with van der Waals surface area (Å²) in [6.45, 7) is 0. The largest absolute Gasteiger partial charge is 0.348 e. The lowest BCUT2D eigenvalue weighted by atomic mass is 10.4. The van der Waals surface area contributed by atoms with Crippen LogP contribution in [-0.2, 0) is 0 Å². The van der Waals surface area contributed by atoms with E-state index in [4.69, 9.17) is 0 Å². The number of hydrogen-bond donors (Lipinski definition) is 3. The summed E-state index contributed by atoms with van der Waals surface area (Å²) >= 11 is 0. The fourth-order valence-corrected chi connectivity index (χ4v) is 1.72. The molecule has 0 unspecified atom stereocenters. The third-order valence-electron chi connectivity index (χ3n) is 2.50. The molecule has 0 aromatic carbocycles. The van der Waals surface area contributed by atoms with Crippen molar-refractivity contribution in [2.24, 2.45) is 0 Å². The van der Waals surface area contributed by atoms with Crippen LogP contribution in [-0.4, -0.2) is 19.5 Å². The van der Waals surface area contributed by atoms with Gasteiger partial charge in [-0.25, -0.2) is 9.78 Å². The second-order valence-corrected chi connectivity index (χ2v) is 3.66. The minimum Gasteiger partial charge on any atom is -0.348 e. The number of allylic oxidation sites excluding steroid dienone is 4. The normalized spacial score (nSPS) is 14.3. The summed E-state index contributed by atoms with van der Waals surface area (Å²) in [5, 5.41) is 3.02. The Kier molecular flexibility index (Phi) is 2.23. The number of H-pyrrole nitrogens is 2. The van der Waals surface area contributed by atoms with Gasteiger partial charge in [-0.2, -0.15) is 0 Å². The first kappa shape index (κ1) is 10.3. The predicted octanol–water partition coefficient (Wildman–Crippen LogP) is -0.116. The Balaban J connectivity index is 2.28. The van der Waals surface area contributed by atoms with Crippen molar-refractivity contribution in [1.29, 1.82) is 0 Å². The highest BCUT2D eigenvalue weighted by molar-refractivity contribution is 5.73. The average molecular weight is 243 g/mol. The summed E-state index contributed by atoms with van der Waals surface area (Å²) in [6.07, 6.45) is 10.5. The fourth-order valence-electron chi connectivity index (χ4n) is 1.72. The zero-order valence-corrected chi connectivity index (χ0v) is 9.18. The van der Waals surface area contributed by atoms with Crippen molar-refractivity contribution in [3.8, 4) is 0 Å². The third-order valence-corrected chi connectivity index (χ3v) is 2.50. The molecule has 0 spiro atoms. The highest BCUT2D eigenvalue weighted by Crippen LogP contribution is 2.10. The van der Waals surface area contributed by atoms with Crippen LogP contribution in [0.25, 0.3) is 17.0 Å². The standard InChI is InChI=1S/C11H9N5O2/c17-10-8-9(14-11(18)15-10)16(6-13-8)7-4-2-1-3-5-12-7/h1-6,12H,(H2,14,15,17,18). The maximum absolute atomic E-state index is 11.5. The van der Waals surface area contributed by atoms with Gasteiger partial charge in [0.25, 0.3) is 5.56 Å². The van der Waals surface area contributed by atoms with E-state index >= 15 is 0 Å². The van der Waals surface area contributed by atoms with Crippen LogP contribution < -0.4 is 16.6 Å². The van der Waals surface area contributed by atoms with Crippen LogP contribution >= 0.6 is 0 Å². The molecule has 0 saturated carbocycles. The molecule has 0 radical (unpaired) electrons. The predicted molar refractivity (Wildman–Crippen MR) is 66.7 cm³/mol. The van der Waals surface area contributed by atoms with Crippen LogP contribution in [0.15, 0.2) is 46.4 Å². The average Bonchev–Trinajstić information content (AvgIpc) is 2.59. The summed E-state index contributed by atoms with van der Waals surface area (Å²) in [4.78, 5) is 31.5. The number of imidazole rings is 1. The van der Waals surface area contributed by atoms with Crippen molar-refractivity contribution in [3.63, 3.8) is 0 Å². The summed E-state index contributed by atoms with van der Waals surface area (Å²) in [7, 11) is 0. The zero-order chi connectivity index (χ0) is 12.5. The molecule has 0 bridgehead atoms. The van der Waals surface area contributed by atoms with Crippen molar-refractivity contribution >= 4 is 17.0 Å². The van der Waals surface area contributed by atoms with E-state index in [-0.39, 0.29) is 5.52 Å². The van der Waals surface area contributed by atoms with E-state index in [1.165, 1.54) is 6.33 Å². The monoisotopic (exact) mass is 243 g/mol. The Morgan fingerprint density at radius 3 is 2.89 bits per heavy atom. The number of nitrogens with zero attached hydrogens (tertiary/aromatic N) is 2. The van der Waals surface area contributed by atoms with Crippen LogP contribution in [0, 0.1) is 0 Å². The van der Waals surface area contributed by atoms with E-state index in [9.17, 15) is 9.59 Å². The van der Waals surface area contributed by atoms with E-state index in [1.807, 2.05) is 18.2 Å². The first-order valence-electron chi connectivity index (χ1n) is 5.26. The highest BCUT2D eigenvalue weighted by atomic mass is 16.2. The molecule has 1 aliphatic rings. The number of nitrogens with one attached hydrogen (secondary N) is 3. The third kappa shape index (κ3) is 1.58. The molecule has 90 valence electrons. The summed E-state index contributed by atoms with van der Waals surface area (Å²) in [5.41, 5.74) is -0.525. The number of aromatic nitrogens is 4. The van der Waals surface area contributed by atoms with Gasteiger partial charge in [-0.15, -0.1) is 0 Å². The molecule has 3 heterocycles. The molecular formula is C11H9N5O2. The molecule has 7 nitrogen and oxygen atoms in total. The maximum Gasteiger partial charge on any atom is 0.327 e. The Hall–Kier alpha value is -2.83. The van der Waals surface area contributed by atoms with Crippen molar-refractivity contribution in [1.82, 2.24) is 24.8 Å². The molecule has 0 fully saturated rings. The molecule has 7 heteroatoms. The van der Waals surface area contributed by atoms with E-state index in [0.29, 0.717) is 11.5 Å². The molecular weight excluding hydrogens is 234 g/mol.